The van der Waals surface area contributed by atoms with E-state index in [0.717, 1.165) is 84.3 Å². The van der Waals surface area contributed by atoms with Crippen molar-refractivity contribution < 1.29 is 29.3 Å². The van der Waals surface area contributed by atoms with Gasteiger partial charge in [0.25, 0.3) is 0 Å². The standard InChI is InChI=1S/C25H31N3O3S.C11H10O3S/c1-31-23-7-8-24-19(16-23)15-20(18-32-24)25(30)26-9-2-3-10-27-11-13-28(14-12-27)21-5-4-6-22(29)17-21;1-14-9-2-3-10-7(5-9)4-8(6-15-10)11(12)13/h4-8,15-17,29H,2-3,9-14,18H2,1H3,(H,26,30);2-5H,6H2,1H3,(H,12,13). The number of hydrogen-bond acceptors (Lipinski definition) is 9. The second-order valence-corrected chi connectivity index (χ2v) is 13.4. The second kappa shape index (κ2) is 16.7. The Labute approximate surface area is 284 Å². The van der Waals surface area contributed by atoms with Crippen LogP contribution in [-0.4, -0.2) is 92.0 Å². The van der Waals surface area contributed by atoms with Gasteiger partial charge in [-0.05, 0) is 91.2 Å². The van der Waals surface area contributed by atoms with Crippen molar-refractivity contribution in [1.29, 1.82) is 0 Å². The molecule has 3 N–H and O–H groups in total. The summed E-state index contributed by atoms with van der Waals surface area (Å²) in [6.45, 7) is 5.74. The van der Waals surface area contributed by atoms with Crippen molar-refractivity contribution in [2.45, 2.75) is 22.6 Å². The third-order valence-electron chi connectivity index (χ3n) is 8.18. The fourth-order valence-electron chi connectivity index (χ4n) is 5.52. The van der Waals surface area contributed by atoms with E-state index in [2.05, 4.69) is 15.1 Å². The molecule has 1 amide bonds. The number of piperazine rings is 1. The summed E-state index contributed by atoms with van der Waals surface area (Å²) < 4.78 is 10.4. The molecular formula is C36H41N3O6S2. The quantitative estimate of drug-likeness (QED) is 0.226. The van der Waals surface area contributed by atoms with Gasteiger partial charge in [-0.1, -0.05) is 6.07 Å². The van der Waals surface area contributed by atoms with Crippen molar-refractivity contribution in [3.05, 3.63) is 82.9 Å². The number of nitrogens with one attached hydrogen (secondary N) is 1. The molecule has 0 aromatic heterocycles. The van der Waals surface area contributed by atoms with Gasteiger partial charge in [-0.2, -0.15) is 0 Å². The molecule has 0 bridgehead atoms. The number of ether oxygens (including phenoxy) is 2. The number of thioether (sulfide) groups is 2. The lowest BCUT2D eigenvalue weighted by molar-refractivity contribution is -0.132. The SMILES string of the molecule is COc1ccc2c(c1)C=C(C(=O)NCCCCN1CCN(c3cccc(O)c3)CC1)CS2.COc1ccc2c(c1)C=C(C(=O)O)CS2. The van der Waals surface area contributed by atoms with Gasteiger partial charge in [-0.15, -0.1) is 23.5 Å². The van der Waals surface area contributed by atoms with Crippen molar-refractivity contribution >= 4 is 53.2 Å². The number of aliphatic carboxylic acids is 1. The number of carbonyl (C=O) groups is 2. The van der Waals surface area contributed by atoms with Gasteiger partial charge in [-0.3, -0.25) is 9.69 Å². The normalized spacial score (nSPS) is 15.6. The number of carbonyl (C=O) groups excluding carboxylic acids is 1. The highest BCUT2D eigenvalue weighted by atomic mass is 32.2. The highest BCUT2D eigenvalue weighted by Gasteiger charge is 2.19. The number of amides is 1. The van der Waals surface area contributed by atoms with E-state index < -0.39 is 5.97 Å². The van der Waals surface area contributed by atoms with Crippen LogP contribution in [0.25, 0.3) is 12.2 Å². The molecule has 0 unspecified atom stereocenters. The molecule has 3 aromatic carbocycles. The zero-order valence-corrected chi connectivity index (χ0v) is 28.4. The number of carboxylic acid groups (broad SMARTS) is 1. The van der Waals surface area contributed by atoms with Crippen molar-refractivity contribution in [2.24, 2.45) is 0 Å². The molecule has 0 spiro atoms. The maximum atomic E-state index is 12.6. The summed E-state index contributed by atoms with van der Waals surface area (Å²) in [5, 5.41) is 21.6. The number of nitrogens with zero attached hydrogens (tertiary/aromatic N) is 2. The van der Waals surface area contributed by atoms with Gasteiger partial charge >= 0.3 is 5.97 Å². The Morgan fingerprint density at radius 3 is 2.02 bits per heavy atom. The third kappa shape index (κ3) is 9.50. The zero-order valence-electron chi connectivity index (χ0n) is 26.7. The highest BCUT2D eigenvalue weighted by Crippen LogP contribution is 2.35. The van der Waals surface area contributed by atoms with Crippen molar-refractivity contribution in [2.75, 3.05) is 69.9 Å². The van der Waals surface area contributed by atoms with E-state index in [1.165, 1.54) is 16.7 Å². The van der Waals surface area contributed by atoms with Gasteiger partial charge in [0.1, 0.15) is 17.2 Å². The van der Waals surface area contributed by atoms with Crippen LogP contribution in [0.15, 0.2) is 81.6 Å². The molecule has 0 aliphatic carbocycles. The number of phenols is 1. The predicted molar refractivity (Wildman–Crippen MR) is 190 cm³/mol. The minimum absolute atomic E-state index is 0.0331. The first-order valence-corrected chi connectivity index (χ1v) is 17.6. The number of rotatable bonds is 10. The molecule has 9 nitrogen and oxygen atoms in total. The maximum Gasteiger partial charge on any atom is 0.332 e. The predicted octanol–water partition coefficient (Wildman–Crippen LogP) is 5.88. The summed E-state index contributed by atoms with van der Waals surface area (Å²) in [4.78, 5) is 30.5. The van der Waals surface area contributed by atoms with Gasteiger partial charge in [0.15, 0.2) is 0 Å². The van der Waals surface area contributed by atoms with Gasteiger partial charge < -0.3 is 29.9 Å². The Hall–Kier alpha value is -4.06. The Kier molecular flexibility index (Phi) is 12.2. The fourth-order valence-corrected chi connectivity index (χ4v) is 7.46. The smallest absolute Gasteiger partial charge is 0.332 e. The van der Waals surface area contributed by atoms with E-state index >= 15 is 0 Å². The van der Waals surface area contributed by atoms with Crippen LogP contribution in [0.1, 0.15) is 24.0 Å². The van der Waals surface area contributed by atoms with Crippen molar-refractivity contribution in [1.82, 2.24) is 10.2 Å². The molecule has 3 heterocycles. The number of unbranched alkanes of at least 4 members (excludes halogenated alkanes) is 1. The second-order valence-electron chi connectivity index (χ2n) is 11.3. The van der Waals surface area contributed by atoms with Gasteiger partial charge in [-0.25, -0.2) is 4.79 Å². The molecule has 0 radical (unpaired) electrons. The molecule has 3 aromatic rings. The van der Waals surface area contributed by atoms with Crippen molar-refractivity contribution in [3.8, 4) is 17.2 Å². The zero-order chi connectivity index (χ0) is 33.2. The molecule has 3 aliphatic rings. The van der Waals surface area contributed by atoms with Crippen LogP contribution >= 0.6 is 23.5 Å². The Bertz CT molecular complexity index is 1630. The number of aromatic hydroxyl groups is 1. The molecule has 11 heteroatoms. The molecule has 6 rings (SSSR count). The van der Waals surface area contributed by atoms with Crippen LogP contribution in [0.2, 0.25) is 0 Å². The van der Waals surface area contributed by atoms with Crippen LogP contribution in [0, 0.1) is 0 Å². The monoisotopic (exact) mass is 675 g/mol. The lowest BCUT2D eigenvalue weighted by Crippen LogP contribution is -2.46. The van der Waals surface area contributed by atoms with Gasteiger partial charge in [0, 0.05) is 76.9 Å². The van der Waals surface area contributed by atoms with E-state index in [9.17, 15) is 14.7 Å². The first kappa shape index (κ1) is 34.3. The number of hydrogen-bond donors (Lipinski definition) is 3. The maximum absolute atomic E-state index is 12.6. The molecule has 0 atom stereocenters. The number of fused-ring (bicyclic) bond motifs is 2. The molecule has 1 fully saturated rings. The Morgan fingerprint density at radius 2 is 1.43 bits per heavy atom. The molecule has 47 heavy (non-hydrogen) atoms. The van der Waals surface area contributed by atoms with Crippen LogP contribution in [0.4, 0.5) is 5.69 Å². The topological polar surface area (TPSA) is 112 Å². The number of carboxylic acids is 1. The minimum Gasteiger partial charge on any atom is -0.508 e. The van der Waals surface area contributed by atoms with Crippen LogP contribution in [0.3, 0.4) is 0 Å². The average molecular weight is 676 g/mol. The lowest BCUT2D eigenvalue weighted by atomic mass is 10.1. The van der Waals surface area contributed by atoms with Gasteiger partial charge in [0.2, 0.25) is 5.91 Å². The molecule has 3 aliphatic heterocycles. The summed E-state index contributed by atoms with van der Waals surface area (Å²) in [6, 6.07) is 19.1. The largest absolute Gasteiger partial charge is 0.508 e. The minimum atomic E-state index is -0.851. The molecule has 1 saturated heterocycles. The lowest BCUT2D eigenvalue weighted by Gasteiger charge is -2.36. The number of anilines is 1. The van der Waals surface area contributed by atoms with E-state index in [1.807, 2.05) is 60.7 Å². The fraction of sp³-hybridized carbons (Fsp3) is 0.333. The number of phenolic OH excluding ortho intramolecular Hbond substituents is 1. The van der Waals surface area contributed by atoms with E-state index in [1.54, 1.807) is 38.1 Å². The van der Waals surface area contributed by atoms with Crippen LogP contribution in [0.5, 0.6) is 17.2 Å². The Balaban J connectivity index is 0.000000241. The first-order valence-electron chi connectivity index (χ1n) is 15.6. The summed E-state index contributed by atoms with van der Waals surface area (Å²) in [6.07, 6.45) is 5.73. The Morgan fingerprint density at radius 1 is 0.809 bits per heavy atom. The van der Waals surface area contributed by atoms with E-state index in [-0.39, 0.29) is 5.91 Å². The molecule has 0 saturated carbocycles. The molecule has 248 valence electrons. The van der Waals surface area contributed by atoms with Crippen LogP contribution < -0.4 is 19.7 Å². The van der Waals surface area contributed by atoms with Crippen LogP contribution in [-0.2, 0) is 9.59 Å². The number of methoxy groups -OCH3 is 2. The number of benzene rings is 3. The first-order chi connectivity index (χ1) is 22.8. The average Bonchev–Trinajstić information content (AvgIpc) is 3.10. The van der Waals surface area contributed by atoms with E-state index in [4.69, 9.17) is 14.6 Å². The molecular weight excluding hydrogens is 635 g/mol. The summed E-state index contributed by atoms with van der Waals surface area (Å²) >= 11 is 3.24. The van der Waals surface area contributed by atoms with E-state index in [0.29, 0.717) is 29.4 Å². The van der Waals surface area contributed by atoms with Crippen molar-refractivity contribution in [3.63, 3.8) is 0 Å². The third-order valence-corrected chi connectivity index (χ3v) is 10.5. The summed E-state index contributed by atoms with van der Waals surface area (Å²) in [7, 11) is 3.25. The highest BCUT2D eigenvalue weighted by molar-refractivity contribution is 8.00. The summed E-state index contributed by atoms with van der Waals surface area (Å²) in [5.41, 5.74) is 4.31. The summed E-state index contributed by atoms with van der Waals surface area (Å²) in [5.74, 6) is 2.28. The van der Waals surface area contributed by atoms with Gasteiger partial charge in [0.05, 0.1) is 14.2 Å².